The lowest BCUT2D eigenvalue weighted by Crippen LogP contribution is -2.39. The van der Waals surface area contributed by atoms with Crippen molar-refractivity contribution in [3.8, 4) is 0 Å². The van der Waals surface area contributed by atoms with Gasteiger partial charge < -0.3 is 10.2 Å². The van der Waals surface area contributed by atoms with Crippen LogP contribution in [0.4, 0.5) is 5.69 Å². The molecule has 1 aromatic heterocycles. The van der Waals surface area contributed by atoms with Crippen molar-refractivity contribution in [3.63, 3.8) is 0 Å². The van der Waals surface area contributed by atoms with Crippen molar-refractivity contribution >= 4 is 17.5 Å². The molecule has 0 saturated carbocycles. The summed E-state index contributed by atoms with van der Waals surface area (Å²) in [5, 5.41) is 6.82. The van der Waals surface area contributed by atoms with Gasteiger partial charge in [0.2, 0.25) is 5.91 Å². The number of aromatic nitrogens is 2. The molecule has 0 unspecified atom stereocenters. The number of carbonyl (C=O) groups excluding carboxylic acids is 2. The van der Waals surface area contributed by atoms with E-state index >= 15 is 0 Å². The number of benzene rings is 1. The normalized spacial score (nSPS) is 15.6. The monoisotopic (exact) mass is 354 g/mol. The third-order valence-electron chi connectivity index (χ3n) is 4.38. The third kappa shape index (κ3) is 3.51. The maximum absolute atomic E-state index is 13.0. The minimum Gasteiger partial charge on any atom is -0.355 e. The van der Waals surface area contributed by atoms with E-state index in [1.54, 1.807) is 4.90 Å². The Hall–Kier alpha value is -2.96. The molecule has 0 aliphatic carbocycles. The van der Waals surface area contributed by atoms with Crippen molar-refractivity contribution in [3.05, 3.63) is 58.0 Å². The van der Waals surface area contributed by atoms with Crippen LogP contribution < -0.4 is 15.8 Å². The van der Waals surface area contributed by atoms with E-state index < -0.39 is 5.56 Å². The van der Waals surface area contributed by atoms with E-state index in [0.29, 0.717) is 6.54 Å². The SMILES string of the molecule is CCCNC(=O)Cn1nc(C(=O)N2c3ccccc3C[C@H]2C)ccc1=O. The van der Waals surface area contributed by atoms with Gasteiger partial charge in [0.1, 0.15) is 12.2 Å². The van der Waals surface area contributed by atoms with Crippen LogP contribution in [0.15, 0.2) is 41.2 Å². The van der Waals surface area contributed by atoms with E-state index in [1.165, 1.54) is 12.1 Å². The van der Waals surface area contributed by atoms with Crippen LogP contribution in [0.2, 0.25) is 0 Å². The second-order valence-electron chi connectivity index (χ2n) is 6.42. The highest BCUT2D eigenvalue weighted by Gasteiger charge is 2.32. The predicted molar refractivity (Wildman–Crippen MR) is 98.2 cm³/mol. The molecule has 26 heavy (non-hydrogen) atoms. The highest BCUT2D eigenvalue weighted by molar-refractivity contribution is 6.06. The number of para-hydroxylation sites is 1. The number of amides is 2. The molecule has 1 aromatic carbocycles. The van der Waals surface area contributed by atoms with Crippen LogP contribution in [-0.4, -0.2) is 34.2 Å². The zero-order valence-electron chi connectivity index (χ0n) is 14.9. The molecule has 2 heterocycles. The Labute approximate surface area is 151 Å². The van der Waals surface area contributed by atoms with Crippen molar-refractivity contribution in [2.45, 2.75) is 39.3 Å². The fraction of sp³-hybridized carbons (Fsp3) is 0.368. The first-order valence-electron chi connectivity index (χ1n) is 8.77. The lowest BCUT2D eigenvalue weighted by Gasteiger charge is -2.22. The fourth-order valence-corrected chi connectivity index (χ4v) is 3.13. The van der Waals surface area contributed by atoms with Gasteiger partial charge >= 0.3 is 0 Å². The summed E-state index contributed by atoms with van der Waals surface area (Å²) in [6.45, 7) is 4.26. The van der Waals surface area contributed by atoms with E-state index in [9.17, 15) is 14.4 Å². The fourth-order valence-electron chi connectivity index (χ4n) is 3.13. The van der Waals surface area contributed by atoms with Crippen LogP contribution in [0.3, 0.4) is 0 Å². The number of fused-ring (bicyclic) bond motifs is 1. The van der Waals surface area contributed by atoms with Gasteiger partial charge in [-0.05, 0) is 37.5 Å². The molecule has 0 bridgehead atoms. The number of hydrogen-bond donors (Lipinski definition) is 1. The minimum atomic E-state index is -0.414. The standard InChI is InChI=1S/C19H22N4O3/c1-3-10-20-17(24)12-22-18(25)9-8-15(21-22)19(26)23-13(2)11-14-6-4-5-7-16(14)23/h4-9,13H,3,10-12H2,1-2H3,(H,20,24)/t13-/m1/s1. The molecule has 0 radical (unpaired) electrons. The molecule has 0 fully saturated rings. The number of anilines is 1. The molecule has 136 valence electrons. The number of nitrogens with one attached hydrogen (secondary N) is 1. The van der Waals surface area contributed by atoms with E-state index in [1.807, 2.05) is 38.1 Å². The maximum Gasteiger partial charge on any atom is 0.278 e. The van der Waals surface area contributed by atoms with E-state index in [2.05, 4.69) is 10.4 Å². The van der Waals surface area contributed by atoms with Crippen LogP contribution >= 0.6 is 0 Å². The van der Waals surface area contributed by atoms with Crippen molar-refractivity contribution < 1.29 is 9.59 Å². The molecular formula is C19H22N4O3. The highest BCUT2D eigenvalue weighted by atomic mass is 16.2. The number of hydrogen-bond acceptors (Lipinski definition) is 4. The summed E-state index contributed by atoms with van der Waals surface area (Å²) in [5.74, 6) is -0.573. The summed E-state index contributed by atoms with van der Waals surface area (Å²) in [6.07, 6.45) is 1.58. The second-order valence-corrected chi connectivity index (χ2v) is 6.42. The average Bonchev–Trinajstić information content (AvgIpc) is 2.97. The van der Waals surface area contributed by atoms with Crippen LogP contribution in [0.5, 0.6) is 0 Å². The summed E-state index contributed by atoms with van der Waals surface area (Å²) in [7, 11) is 0. The Morgan fingerprint density at radius 1 is 1.23 bits per heavy atom. The number of rotatable bonds is 5. The molecule has 1 aliphatic rings. The lowest BCUT2D eigenvalue weighted by atomic mass is 10.1. The Balaban J connectivity index is 1.86. The van der Waals surface area contributed by atoms with Crippen molar-refractivity contribution in [1.29, 1.82) is 0 Å². The maximum atomic E-state index is 13.0. The topological polar surface area (TPSA) is 84.3 Å². The zero-order valence-corrected chi connectivity index (χ0v) is 14.9. The molecule has 0 saturated heterocycles. The van der Waals surface area contributed by atoms with Crippen LogP contribution in [-0.2, 0) is 17.8 Å². The first kappa shape index (κ1) is 17.8. The van der Waals surface area contributed by atoms with Gasteiger partial charge in [-0.15, -0.1) is 0 Å². The Kier molecular flexibility index (Phi) is 5.16. The number of carbonyl (C=O) groups is 2. The Morgan fingerprint density at radius 2 is 2.00 bits per heavy atom. The van der Waals surface area contributed by atoms with Crippen molar-refractivity contribution in [2.75, 3.05) is 11.4 Å². The largest absolute Gasteiger partial charge is 0.355 e. The van der Waals surface area contributed by atoms with Crippen LogP contribution in [0.25, 0.3) is 0 Å². The summed E-state index contributed by atoms with van der Waals surface area (Å²) in [5.41, 5.74) is 1.71. The van der Waals surface area contributed by atoms with E-state index in [-0.39, 0.29) is 30.1 Å². The first-order valence-corrected chi connectivity index (χ1v) is 8.77. The van der Waals surface area contributed by atoms with E-state index in [4.69, 9.17) is 0 Å². The van der Waals surface area contributed by atoms with Gasteiger partial charge in [0.15, 0.2) is 0 Å². The zero-order chi connectivity index (χ0) is 18.7. The molecule has 3 rings (SSSR count). The smallest absolute Gasteiger partial charge is 0.278 e. The van der Waals surface area contributed by atoms with Gasteiger partial charge in [0, 0.05) is 24.3 Å². The van der Waals surface area contributed by atoms with Crippen molar-refractivity contribution in [1.82, 2.24) is 15.1 Å². The third-order valence-corrected chi connectivity index (χ3v) is 4.38. The Bertz CT molecular complexity index is 890. The van der Waals surface area contributed by atoms with Gasteiger partial charge in [-0.1, -0.05) is 25.1 Å². The lowest BCUT2D eigenvalue weighted by molar-refractivity contribution is -0.121. The quantitative estimate of drug-likeness (QED) is 0.879. The number of nitrogens with zero attached hydrogens (tertiary/aromatic N) is 3. The molecule has 1 atom stereocenters. The minimum absolute atomic E-state index is 0.00920. The molecule has 0 spiro atoms. The second kappa shape index (κ2) is 7.51. The molecule has 2 amide bonds. The Morgan fingerprint density at radius 3 is 2.77 bits per heavy atom. The molecule has 2 aromatic rings. The summed E-state index contributed by atoms with van der Waals surface area (Å²) < 4.78 is 1.03. The van der Waals surface area contributed by atoms with Crippen LogP contribution in [0, 0.1) is 0 Å². The van der Waals surface area contributed by atoms with Gasteiger partial charge in [-0.25, -0.2) is 4.68 Å². The van der Waals surface area contributed by atoms with E-state index in [0.717, 1.165) is 28.8 Å². The van der Waals surface area contributed by atoms with Gasteiger partial charge in [-0.2, -0.15) is 5.10 Å². The molecule has 7 nitrogen and oxygen atoms in total. The molecule has 7 heteroatoms. The molecule has 1 aliphatic heterocycles. The first-order chi connectivity index (χ1) is 12.5. The average molecular weight is 354 g/mol. The molecular weight excluding hydrogens is 332 g/mol. The van der Waals surface area contributed by atoms with Crippen LogP contribution in [0.1, 0.15) is 36.3 Å². The van der Waals surface area contributed by atoms with Gasteiger partial charge in [-0.3, -0.25) is 14.4 Å². The van der Waals surface area contributed by atoms with Gasteiger partial charge in [0.05, 0.1) is 0 Å². The predicted octanol–water partition coefficient (Wildman–Crippen LogP) is 1.36. The summed E-state index contributed by atoms with van der Waals surface area (Å²) >= 11 is 0. The highest BCUT2D eigenvalue weighted by Crippen LogP contribution is 2.32. The van der Waals surface area contributed by atoms with Gasteiger partial charge in [0.25, 0.3) is 11.5 Å². The molecule has 1 N–H and O–H groups in total. The summed E-state index contributed by atoms with van der Waals surface area (Å²) in [4.78, 5) is 38.5. The van der Waals surface area contributed by atoms with Crippen molar-refractivity contribution in [2.24, 2.45) is 0 Å². The summed E-state index contributed by atoms with van der Waals surface area (Å²) in [6, 6.07) is 10.5.